The molecule has 2 N–H and O–H groups in total. The smallest absolute Gasteiger partial charge is 0.226 e. The zero-order valence-electron chi connectivity index (χ0n) is 21.0. The molecule has 1 amide bonds. The maximum Gasteiger partial charge on any atom is 0.226 e. The molecule has 2 aromatic heterocycles. The maximum atomic E-state index is 13.2. The molecule has 0 saturated carbocycles. The molecule has 194 valence electrons. The van der Waals surface area contributed by atoms with Crippen molar-refractivity contribution in [3.05, 3.63) is 112 Å². The number of rotatable bonds is 7. The number of para-hydroxylation sites is 1. The topological polar surface area (TPSA) is 62.2 Å². The number of amides is 1. The summed E-state index contributed by atoms with van der Waals surface area (Å²) in [5.41, 5.74) is 5.79. The van der Waals surface area contributed by atoms with Gasteiger partial charge in [0.2, 0.25) is 5.91 Å². The van der Waals surface area contributed by atoms with Gasteiger partial charge in [-0.3, -0.25) is 9.78 Å². The molecule has 0 radical (unpaired) electrons. The molecule has 2 aromatic carbocycles. The molecule has 1 fully saturated rings. The number of hydrogen-bond donors (Lipinski definition) is 2. The Bertz CT molecular complexity index is 1470. The van der Waals surface area contributed by atoms with Gasteiger partial charge in [-0.1, -0.05) is 18.2 Å². The molecule has 4 aromatic rings. The summed E-state index contributed by atoms with van der Waals surface area (Å²) in [6.07, 6.45) is 1.99. The SMILES string of the molecule is Cc1cc([C@H]2[C@H](c3ccccn3)NC(=S)N2CCC(=O)Nc2ccc(F)cc2)c(C)n1-c1ccccc1Br. The largest absolute Gasteiger partial charge is 0.352 e. The number of pyridine rings is 1. The Morgan fingerprint density at radius 3 is 2.55 bits per heavy atom. The van der Waals surface area contributed by atoms with Crippen molar-refractivity contribution in [1.29, 1.82) is 0 Å². The molecule has 2 atom stereocenters. The van der Waals surface area contributed by atoms with Crippen molar-refractivity contribution in [2.75, 3.05) is 11.9 Å². The van der Waals surface area contributed by atoms with Crippen molar-refractivity contribution >= 4 is 44.9 Å². The minimum atomic E-state index is -0.347. The van der Waals surface area contributed by atoms with Crippen molar-refractivity contribution in [2.24, 2.45) is 0 Å². The van der Waals surface area contributed by atoms with Crippen LogP contribution in [-0.2, 0) is 4.79 Å². The lowest BCUT2D eigenvalue weighted by Gasteiger charge is -2.28. The summed E-state index contributed by atoms with van der Waals surface area (Å²) in [6.45, 7) is 4.61. The summed E-state index contributed by atoms with van der Waals surface area (Å²) >= 11 is 9.48. The Labute approximate surface area is 235 Å². The van der Waals surface area contributed by atoms with Crippen molar-refractivity contribution in [3.63, 3.8) is 0 Å². The van der Waals surface area contributed by atoms with Crippen LogP contribution < -0.4 is 10.6 Å². The van der Waals surface area contributed by atoms with E-state index in [-0.39, 0.29) is 30.2 Å². The van der Waals surface area contributed by atoms with Gasteiger partial charge < -0.3 is 20.1 Å². The highest BCUT2D eigenvalue weighted by atomic mass is 79.9. The lowest BCUT2D eigenvalue weighted by atomic mass is 9.96. The number of carbonyl (C=O) groups excluding carboxylic acids is 1. The van der Waals surface area contributed by atoms with E-state index in [1.165, 1.54) is 12.1 Å². The normalized spacial score (nSPS) is 16.9. The number of anilines is 1. The zero-order valence-corrected chi connectivity index (χ0v) is 23.4. The van der Waals surface area contributed by atoms with Gasteiger partial charge in [-0.2, -0.15) is 0 Å². The summed E-state index contributed by atoms with van der Waals surface area (Å²) in [4.78, 5) is 19.5. The van der Waals surface area contributed by atoms with Gasteiger partial charge in [-0.05, 0) is 102 Å². The first-order chi connectivity index (χ1) is 18.3. The van der Waals surface area contributed by atoms with Gasteiger partial charge in [0, 0.05) is 40.7 Å². The number of nitrogens with one attached hydrogen (secondary N) is 2. The van der Waals surface area contributed by atoms with Crippen LogP contribution in [0.2, 0.25) is 0 Å². The molecule has 38 heavy (non-hydrogen) atoms. The molecule has 0 spiro atoms. The Hall–Kier alpha value is -3.56. The first-order valence-corrected chi connectivity index (χ1v) is 13.5. The molecule has 9 heteroatoms. The highest BCUT2D eigenvalue weighted by molar-refractivity contribution is 9.10. The molecule has 1 saturated heterocycles. The lowest BCUT2D eigenvalue weighted by molar-refractivity contribution is -0.116. The van der Waals surface area contributed by atoms with Crippen LogP contribution in [0.4, 0.5) is 10.1 Å². The minimum Gasteiger partial charge on any atom is -0.352 e. The molecule has 0 aliphatic carbocycles. The van der Waals surface area contributed by atoms with E-state index in [2.05, 4.69) is 67.0 Å². The zero-order chi connectivity index (χ0) is 26.8. The molecular weight excluding hydrogens is 565 g/mol. The fraction of sp³-hybridized carbons (Fsp3) is 0.207. The standard InChI is InChI=1S/C29H27BrFN5OS/c1-18-17-22(19(2)36(18)25-9-4-3-7-23(25)30)28-27(24-8-5-6-15-32-24)34-29(38)35(28)16-14-26(37)33-21-12-10-20(31)11-13-21/h3-13,15,17,27-28H,14,16H2,1-2H3,(H,33,37)(H,34,38)/t27-,28-/m0/s1. The van der Waals surface area contributed by atoms with Crippen LogP contribution in [0.15, 0.2) is 83.5 Å². The van der Waals surface area contributed by atoms with Gasteiger partial charge in [0.1, 0.15) is 5.82 Å². The molecule has 6 nitrogen and oxygen atoms in total. The fourth-order valence-electron chi connectivity index (χ4n) is 5.05. The van der Waals surface area contributed by atoms with E-state index in [1.807, 2.05) is 36.4 Å². The summed E-state index contributed by atoms with van der Waals surface area (Å²) in [7, 11) is 0. The second-order valence-electron chi connectivity index (χ2n) is 9.24. The van der Waals surface area contributed by atoms with Crippen LogP contribution in [0.1, 0.15) is 41.1 Å². The van der Waals surface area contributed by atoms with Crippen molar-refractivity contribution in [1.82, 2.24) is 19.8 Å². The van der Waals surface area contributed by atoms with Crippen molar-refractivity contribution in [2.45, 2.75) is 32.4 Å². The quantitative estimate of drug-likeness (QED) is 0.244. The number of thiocarbonyl (C=S) groups is 1. The Morgan fingerprint density at radius 2 is 1.84 bits per heavy atom. The third kappa shape index (κ3) is 5.21. The molecule has 3 heterocycles. The van der Waals surface area contributed by atoms with Crippen molar-refractivity contribution in [3.8, 4) is 5.69 Å². The monoisotopic (exact) mass is 591 g/mol. The summed E-state index contributed by atoms with van der Waals surface area (Å²) in [5.74, 6) is -0.516. The number of carbonyl (C=O) groups is 1. The van der Waals surface area contributed by atoms with Gasteiger partial charge in [0.15, 0.2) is 5.11 Å². The first-order valence-electron chi connectivity index (χ1n) is 12.3. The van der Waals surface area contributed by atoms with E-state index in [4.69, 9.17) is 12.2 Å². The highest BCUT2D eigenvalue weighted by Crippen LogP contribution is 2.42. The van der Waals surface area contributed by atoms with Crippen LogP contribution >= 0.6 is 28.1 Å². The molecule has 5 rings (SSSR count). The third-order valence-electron chi connectivity index (χ3n) is 6.79. The van der Waals surface area contributed by atoms with E-state index in [1.54, 1.807) is 18.3 Å². The van der Waals surface area contributed by atoms with E-state index < -0.39 is 0 Å². The lowest BCUT2D eigenvalue weighted by Crippen LogP contribution is -2.32. The number of nitrogens with zero attached hydrogens (tertiary/aromatic N) is 3. The van der Waals surface area contributed by atoms with Gasteiger partial charge in [0.25, 0.3) is 0 Å². The van der Waals surface area contributed by atoms with E-state index >= 15 is 0 Å². The highest BCUT2D eigenvalue weighted by Gasteiger charge is 2.41. The van der Waals surface area contributed by atoms with Crippen LogP contribution in [0.3, 0.4) is 0 Å². The van der Waals surface area contributed by atoms with Gasteiger partial charge in [0.05, 0.1) is 23.5 Å². The van der Waals surface area contributed by atoms with Gasteiger partial charge >= 0.3 is 0 Å². The van der Waals surface area contributed by atoms with E-state index in [9.17, 15) is 9.18 Å². The second-order valence-corrected chi connectivity index (χ2v) is 10.5. The average molecular weight is 593 g/mol. The fourth-order valence-corrected chi connectivity index (χ4v) is 5.85. The van der Waals surface area contributed by atoms with Crippen LogP contribution in [0.5, 0.6) is 0 Å². The minimum absolute atomic E-state index is 0.168. The maximum absolute atomic E-state index is 13.2. The molecule has 1 aliphatic rings. The molecule has 0 unspecified atom stereocenters. The van der Waals surface area contributed by atoms with Gasteiger partial charge in [-0.15, -0.1) is 0 Å². The van der Waals surface area contributed by atoms with Crippen LogP contribution in [0.25, 0.3) is 5.69 Å². The Balaban J connectivity index is 1.47. The van der Waals surface area contributed by atoms with Gasteiger partial charge in [-0.25, -0.2) is 4.39 Å². The number of benzene rings is 2. The van der Waals surface area contributed by atoms with E-state index in [0.29, 0.717) is 17.3 Å². The number of hydrogen-bond acceptors (Lipinski definition) is 3. The molecule has 1 aliphatic heterocycles. The van der Waals surface area contributed by atoms with Crippen LogP contribution in [-0.4, -0.2) is 32.0 Å². The van der Waals surface area contributed by atoms with Crippen LogP contribution in [0, 0.1) is 19.7 Å². The number of halogens is 2. The summed E-state index contributed by atoms with van der Waals surface area (Å²) in [5, 5.41) is 6.87. The molecule has 0 bridgehead atoms. The number of aromatic nitrogens is 2. The third-order valence-corrected chi connectivity index (χ3v) is 7.81. The average Bonchev–Trinajstić information content (AvgIpc) is 3.39. The second kappa shape index (κ2) is 11.0. The Morgan fingerprint density at radius 1 is 1.11 bits per heavy atom. The summed E-state index contributed by atoms with van der Waals surface area (Å²) < 4.78 is 16.5. The predicted octanol–water partition coefficient (Wildman–Crippen LogP) is 6.39. The number of aryl methyl sites for hydroxylation is 1. The van der Waals surface area contributed by atoms with Crippen molar-refractivity contribution < 1.29 is 9.18 Å². The first kappa shape index (κ1) is 26.1. The Kier molecular flexibility index (Phi) is 7.58. The molecular formula is C29H27BrFN5OS. The predicted molar refractivity (Wildman–Crippen MR) is 155 cm³/mol. The summed E-state index contributed by atoms with van der Waals surface area (Å²) in [6, 6.07) is 21.6. The van der Waals surface area contributed by atoms with E-state index in [0.717, 1.165) is 32.8 Å².